The number of aliphatic hydroxyl groups excluding tert-OH is 1. The van der Waals surface area contributed by atoms with Crippen molar-refractivity contribution in [3.8, 4) is 0 Å². The molecule has 0 unspecified atom stereocenters. The maximum absolute atomic E-state index is 13.4. The van der Waals surface area contributed by atoms with Gasteiger partial charge in [0.2, 0.25) is 0 Å². The highest BCUT2D eigenvalue weighted by Crippen LogP contribution is 2.25. The van der Waals surface area contributed by atoms with Gasteiger partial charge < -0.3 is 20.1 Å². The molecule has 0 spiro atoms. The fourth-order valence-electron chi connectivity index (χ4n) is 2.21. The standard InChI is InChI=1S/C15H17FN2O4/c1-9-3-4-10(16)7-12(9)17-13-11(15(21)22-2)8-18(5-6-19)14(13)20/h3-4,7,17,19H,5-6,8H2,1-2H3. The van der Waals surface area contributed by atoms with Crippen LogP contribution in [0, 0.1) is 12.7 Å². The van der Waals surface area contributed by atoms with Crippen LogP contribution in [0.15, 0.2) is 29.5 Å². The first kappa shape index (κ1) is 16.0. The molecule has 1 aliphatic heterocycles. The van der Waals surface area contributed by atoms with E-state index >= 15 is 0 Å². The summed E-state index contributed by atoms with van der Waals surface area (Å²) in [4.78, 5) is 25.5. The minimum absolute atomic E-state index is 0.0444. The van der Waals surface area contributed by atoms with Gasteiger partial charge in [0.1, 0.15) is 11.5 Å². The number of aryl methyl sites for hydroxylation is 1. The van der Waals surface area contributed by atoms with E-state index < -0.39 is 17.7 Å². The van der Waals surface area contributed by atoms with Crippen molar-refractivity contribution in [1.82, 2.24) is 4.90 Å². The van der Waals surface area contributed by atoms with Gasteiger partial charge in [0, 0.05) is 12.2 Å². The Morgan fingerprint density at radius 1 is 1.50 bits per heavy atom. The summed E-state index contributed by atoms with van der Waals surface area (Å²) in [7, 11) is 1.22. The minimum Gasteiger partial charge on any atom is -0.466 e. The lowest BCUT2D eigenvalue weighted by atomic mass is 10.1. The number of β-amino-alcohol motifs (C(OH)–C–C–N with tert-alkyl or cyclic N) is 1. The lowest BCUT2D eigenvalue weighted by Gasteiger charge is -2.15. The van der Waals surface area contributed by atoms with Gasteiger partial charge >= 0.3 is 5.97 Å². The van der Waals surface area contributed by atoms with Gasteiger partial charge in [0.25, 0.3) is 5.91 Å². The van der Waals surface area contributed by atoms with Crippen LogP contribution < -0.4 is 5.32 Å². The summed E-state index contributed by atoms with van der Waals surface area (Å²) in [5.41, 5.74) is 1.33. The highest BCUT2D eigenvalue weighted by Gasteiger charge is 2.34. The second-order valence-electron chi connectivity index (χ2n) is 4.88. The largest absolute Gasteiger partial charge is 0.466 e. The number of nitrogens with zero attached hydrogens (tertiary/aromatic N) is 1. The number of ether oxygens (including phenoxy) is 1. The molecule has 6 nitrogen and oxygen atoms in total. The van der Waals surface area contributed by atoms with Crippen molar-refractivity contribution in [2.45, 2.75) is 6.92 Å². The molecule has 0 fully saturated rings. The van der Waals surface area contributed by atoms with E-state index in [9.17, 15) is 14.0 Å². The van der Waals surface area contributed by atoms with Gasteiger partial charge in [0.15, 0.2) is 0 Å². The van der Waals surface area contributed by atoms with E-state index in [1.165, 1.54) is 24.1 Å². The minimum atomic E-state index is -0.634. The molecular weight excluding hydrogens is 291 g/mol. The van der Waals surface area contributed by atoms with Crippen LogP contribution >= 0.6 is 0 Å². The van der Waals surface area contributed by atoms with Crippen LogP contribution in [0.3, 0.4) is 0 Å². The first-order chi connectivity index (χ1) is 10.5. The number of benzene rings is 1. The monoisotopic (exact) mass is 308 g/mol. The number of aliphatic hydroxyl groups is 1. The SMILES string of the molecule is COC(=O)C1=C(Nc2cc(F)ccc2C)C(=O)N(CCO)C1. The maximum atomic E-state index is 13.4. The molecule has 0 bridgehead atoms. The second-order valence-corrected chi connectivity index (χ2v) is 4.88. The van der Waals surface area contributed by atoms with Gasteiger partial charge in [-0.2, -0.15) is 0 Å². The van der Waals surface area contributed by atoms with Crippen molar-refractivity contribution in [3.05, 3.63) is 40.8 Å². The lowest BCUT2D eigenvalue weighted by Crippen LogP contribution is -2.31. The van der Waals surface area contributed by atoms with E-state index in [2.05, 4.69) is 10.1 Å². The molecule has 0 radical (unpaired) electrons. The Morgan fingerprint density at radius 2 is 2.23 bits per heavy atom. The first-order valence-electron chi connectivity index (χ1n) is 6.72. The normalized spacial score (nSPS) is 14.5. The topological polar surface area (TPSA) is 78.9 Å². The average molecular weight is 308 g/mol. The molecule has 1 aromatic rings. The molecule has 2 rings (SSSR count). The van der Waals surface area contributed by atoms with E-state index in [0.29, 0.717) is 5.69 Å². The zero-order chi connectivity index (χ0) is 16.3. The summed E-state index contributed by atoms with van der Waals surface area (Å²) < 4.78 is 18.0. The number of hydrogen-bond donors (Lipinski definition) is 2. The summed E-state index contributed by atoms with van der Waals surface area (Å²) in [5, 5.41) is 11.8. The van der Waals surface area contributed by atoms with E-state index in [-0.39, 0.29) is 31.0 Å². The number of rotatable bonds is 5. The van der Waals surface area contributed by atoms with Crippen molar-refractivity contribution in [2.75, 3.05) is 32.1 Å². The maximum Gasteiger partial charge on any atom is 0.337 e. The zero-order valence-electron chi connectivity index (χ0n) is 12.4. The fraction of sp³-hybridized carbons (Fsp3) is 0.333. The van der Waals surface area contributed by atoms with Gasteiger partial charge in [0.05, 0.1) is 25.8 Å². The molecule has 1 aromatic carbocycles. The lowest BCUT2D eigenvalue weighted by molar-refractivity contribution is -0.136. The van der Waals surface area contributed by atoms with Crippen LogP contribution in [-0.4, -0.2) is 48.7 Å². The van der Waals surface area contributed by atoms with Gasteiger partial charge in [-0.1, -0.05) is 6.07 Å². The number of esters is 1. The summed E-state index contributed by atoms with van der Waals surface area (Å²) in [6, 6.07) is 4.13. The molecule has 2 N–H and O–H groups in total. The van der Waals surface area contributed by atoms with Gasteiger partial charge in [-0.15, -0.1) is 0 Å². The predicted octanol–water partition coefficient (Wildman–Crippen LogP) is 0.808. The van der Waals surface area contributed by atoms with E-state index in [1.807, 2.05) is 0 Å². The number of halogens is 1. The van der Waals surface area contributed by atoms with Crippen LogP contribution in [0.5, 0.6) is 0 Å². The van der Waals surface area contributed by atoms with Gasteiger partial charge in [-0.05, 0) is 24.6 Å². The first-order valence-corrected chi connectivity index (χ1v) is 6.72. The highest BCUT2D eigenvalue weighted by atomic mass is 19.1. The second kappa shape index (κ2) is 6.57. The number of carbonyl (C=O) groups is 2. The molecule has 22 heavy (non-hydrogen) atoms. The van der Waals surface area contributed by atoms with Crippen molar-refractivity contribution in [3.63, 3.8) is 0 Å². The molecule has 0 aromatic heterocycles. The van der Waals surface area contributed by atoms with Gasteiger partial charge in [-0.25, -0.2) is 9.18 Å². The molecule has 0 aliphatic carbocycles. The van der Waals surface area contributed by atoms with E-state index in [0.717, 1.165) is 5.56 Å². The van der Waals surface area contributed by atoms with Crippen LogP contribution in [0.1, 0.15) is 5.56 Å². The number of carbonyl (C=O) groups excluding carboxylic acids is 2. The smallest absolute Gasteiger partial charge is 0.337 e. The predicted molar refractivity (Wildman–Crippen MR) is 77.5 cm³/mol. The number of nitrogens with one attached hydrogen (secondary N) is 1. The Bertz CT molecular complexity index is 642. The molecule has 7 heteroatoms. The average Bonchev–Trinajstić information content (AvgIpc) is 2.80. The van der Waals surface area contributed by atoms with E-state index in [1.54, 1.807) is 13.0 Å². The van der Waals surface area contributed by atoms with Crippen LogP contribution in [0.4, 0.5) is 10.1 Å². The number of hydrogen-bond acceptors (Lipinski definition) is 5. The van der Waals surface area contributed by atoms with Crippen LogP contribution in [0.2, 0.25) is 0 Å². The Hall–Kier alpha value is -2.41. The fourth-order valence-corrected chi connectivity index (χ4v) is 2.21. The summed E-state index contributed by atoms with van der Waals surface area (Å²) in [6.07, 6.45) is 0. The van der Waals surface area contributed by atoms with Crippen molar-refractivity contribution in [1.29, 1.82) is 0 Å². The Balaban J connectivity index is 2.36. The van der Waals surface area contributed by atoms with Gasteiger partial charge in [-0.3, -0.25) is 4.79 Å². The Labute approximate surface area is 127 Å². The molecule has 0 atom stereocenters. The third kappa shape index (κ3) is 3.09. The van der Waals surface area contributed by atoms with E-state index in [4.69, 9.17) is 5.11 Å². The van der Waals surface area contributed by atoms with Crippen molar-refractivity contribution < 1.29 is 23.8 Å². The summed E-state index contributed by atoms with van der Waals surface area (Å²) in [5.74, 6) is -1.52. The third-order valence-corrected chi connectivity index (χ3v) is 3.41. The molecule has 1 aliphatic rings. The van der Waals surface area contributed by atoms with Crippen molar-refractivity contribution in [2.24, 2.45) is 0 Å². The van der Waals surface area contributed by atoms with Crippen molar-refractivity contribution >= 4 is 17.6 Å². The number of methoxy groups -OCH3 is 1. The quantitative estimate of drug-likeness (QED) is 0.787. The molecule has 0 saturated carbocycles. The molecule has 1 amide bonds. The Morgan fingerprint density at radius 3 is 2.86 bits per heavy atom. The molecule has 118 valence electrons. The highest BCUT2D eigenvalue weighted by molar-refractivity contribution is 6.08. The molecular formula is C15H17FN2O4. The third-order valence-electron chi connectivity index (χ3n) is 3.41. The summed E-state index contributed by atoms with van der Waals surface area (Å²) >= 11 is 0. The number of anilines is 1. The van der Waals surface area contributed by atoms with Crippen LogP contribution in [-0.2, 0) is 14.3 Å². The summed E-state index contributed by atoms with van der Waals surface area (Å²) in [6.45, 7) is 1.69. The molecule has 0 saturated heterocycles. The Kier molecular flexibility index (Phi) is 4.77. The molecule has 1 heterocycles. The van der Waals surface area contributed by atoms with Crippen LogP contribution in [0.25, 0.3) is 0 Å². The zero-order valence-corrected chi connectivity index (χ0v) is 12.4. The number of amides is 1.